The molecule has 1 aliphatic heterocycles. The molecule has 0 bridgehead atoms. The average molecular weight is 296 g/mol. The van der Waals surface area contributed by atoms with Crippen LogP contribution in [0.2, 0.25) is 0 Å². The summed E-state index contributed by atoms with van der Waals surface area (Å²) in [5.41, 5.74) is 0. The van der Waals surface area contributed by atoms with Gasteiger partial charge in [-0.15, -0.1) is 0 Å². The van der Waals surface area contributed by atoms with E-state index in [0.29, 0.717) is 26.2 Å². The van der Waals surface area contributed by atoms with E-state index >= 15 is 0 Å². The van der Waals surface area contributed by atoms with Gasteiger partial charge in [0.05, 0.1) is 19.3 Å². The van der Waals surface area contributed by atoms with E-state index in [-0.39, 0.29) is 24.2 Å². The van der Waals surface area contributed by atoms with Crippen molar-refractivity contribution in [2.24, 2.45) is 0 Å². The zero-order valence-electron chi connectivity index (χ0n) is 12.9. The Morgan fingerprint density at radius 2 is 2.00 bits per heavy atom. The van der Waals surface area contributed by atoms with Gasteiger partial charge in [0.25, 0.3) is 0 Å². The summed E-state index contributed by atoms with van der Waals surface area (Å²) < 4.78 is 18.4. The van der Waals surface area contributed by atoms with Crippen LogP contribution in [0.1, 0.15) is 6.42 Å². The van der Waals surface area contributed by atoms with Gasteiger partial charge in [-0.1, -0.05) is 0 Å². The largest absolute Gasteiger partial charge is 0.376 e. The van der Waals surface area contributed by atoms with Gasteiger partial charge in [0, 0.05) is 46.6 Å². The Morgan fingerprint density at radius 3 is 2.62 bits per heavy atom. The number of carbonyl (C=O) groups is 1. The van der Waals surface area contributed by atoms with Crippen molar-refractivity contribution in [2.75, 3.05) is 34.5 Å². The van der Waals surface area contributed by atoms with Crippen LogP contribution in [-0.4, -0.2) is 68.1 Å². The predicted molar refractivity (Wildman–Crippen MR) is 78.0 cm³/mol. The Morgan fingerprint density at radius 1 is 1.29 bits per heavy atom. The molecule has 6 heteroatoms. The van der Waals surface area contributed by atoms with Gasteiger partial charge in [-0.3, -0.25) is 4.79 Å². The predicted octanol–water partition coefficient (Wildman–Crippen LogP) is 0.765. The van der Waals surface area contributed by atoms with Gasteiger partial charge in [-0.05, 0) is 12.1 Å². The van der Waals surface area contributed by atoms with E-state index in [1.807, 2.05) is 29.1 Å². The molecule has 118 valence electrons. The number of ether oxygens (including phenoxy) is 3. The Labute approximate surface area is 125 Å². The zero-order valence-corrected chi connectivity index (χ0v) is 12.9. The summed E-state index contributed by atoms with van der Waals surface area (Å²) in [6.45, 7) is 1.65. The first-order chi connectivity index (χ1) is 10.2. The fourth-order valence-corrected chi connectivity index (χ4v) is 2.69. The second kappa shape index (κ2) is 7.59. The Kier molecular flexibility index (Phi) is 5.78. The molecule has 3 atom stereocenters. The molecule has 0 unspecified atom stereocenters. The molecule has 1 amide bonds. The van der Waals surface area contributed by atoms with Gasteiger partial charge in [0.2, 0.25) is 5.91 Å². The molecule has 0 N–H and O–H groups in total. The van der Waals surface area contributed by atoms with Crippen molar-refractivity contribution in [1.82, 2.24) is 9.47 Å². The Hall–Kier alpha value is -1.37. The van der Waals surface area contributed by atoms with Crippen LogP contribution in [0.3, 0.4) is 0 Å². The maximum absolute atomic E-state index is 12.4. The molecule has 0 aromatic carbocycles. The quantitative estimate of drug-likeness (QED) is 0.778. The van der Waals surface area contributed by atoms with Crippen molar-refractivity contribution in [3.8, 4) is 0 Å². The van der Waals surface area contributed by atoms with E-state index in [0.717, 1.165) is 0 Å². The van der Waals surface area contributed by atoms with E-state index in [1.165, 1.54) is 0 Å². The van der Waals surface area contributed by atoms with Crippen molar-refractivity contribution in [3.05, 3.63) is 24.5 Å². The lowest BCUT2D eigenvalue weighted by Crippen LogP contribution is -2.57. The van der Waals surface area contributed by atoms with Crippen LogP contribution in [0.4, 0.5) is 0 Å². The van der Waals surface area contributed by atoms with Gasteiger partial charge in [-0.2, -0.15) is 0 Å². The molecule has 2 rings (SSSR count). The van der Waals surface area contributed by atoms with E-state index in [9.17, 15) is 4.79 Å². The van der Waals surface area contributed by atoms with E-state index < -0.39 is 0 Å². The third-order valence-corrected chi connectivity index (χ3v) is 4.03. The summed E-state index contributed by atoms with van der Waals surface area (Å²) in [6, 6.07) is 3.78. The molecule has 1 aromatic rings. The number of methoxy groups -OCH3 is 2. The highest BCUT2D eigenvalue weighted by molar-refractivity contribution is 5.76. The maximum atomic E-state index is 12.4. The van der Waals surface area contributed by atoms with E-state index in [4.69, 9.17) is 14.2 Å². The van der Waals surface area contributed by atoms with Crippen LogP contribution in [0.25, 0.3) is 0 Å². The van der Waals surface area contributed by atoms with Crippen LogP contribution >= 0.6 is 0 Å². The number of amides is 1. The molecule has 0 radical (unpaired) electrons. The molecule has 2 heterocycles. The van der Waals surface area contributed by atoms with Crippen LogP contribution < -0.4 is 0 Å². The SMILES string of the molecule is CO[C@H]1[C@H](N(C)C(=O)CCn2cccc2)COC[C@H]1OC. The van der Waals surface area contributed by atoms with Crippen molar-refractivity contribution < 1.29 is 19.0 Å². The number of nitrogens with zero attached hydrogens (tertiary/aromatic N) is 2. The molecule has 0 saturated carbocycles. The lowest BCUT2D eigenvalue weighted by Gasteiger charge is -2.40. The van der Waals surface area contributed by atoms with Gasteiger partial charge in [-0.25, -0.2) is 0 Å². The van der Waals surface area contributed by atoms with E-state index in [1.54, 1.807) is 26.2 Å². The van der Waals surface area contributed by atoms with Crippen molar-refractivity contribution >= 4 is 5.91 Å². The van der Waals surface area contributed by atoms with Gasteiger partial charge in [0.1, 0.15) is 12.2 Å². The molecule has 1 fully saturated rings. The number of hydrogen-bond acceptors (Lipinski definition) is 4. The smallest absolute Gasteiger partial charge is 0.224 e. The molecule has 6 nitrogen and oxygen atoms in total. The summed E-state index contributed by atoms with van der Waals surface area (Å²) in [5.74, 6) is 0.0797. The minimum Gasteiger partial charge on any atom is -0.376 e. The monoisotopic (exact) mass is 296 g/mol. The fourth-order valence-electron chi connectivity index (χ4n) is 2.69. The van der Waals surface area contributed by atoms with Crippen molar-refractivity contribution in [2.45, 2.75) is 31.2 Å². The number of rotatable bonds is 6. The molecule has 0 aliphatic carbocycles. The van der Waals surface area contributed by atoms with Crippen LogP contribution in [0.15, 0.2) is 24.5 Å². The molecule has 0 spiro atoms. The maximum Gasteiger partial charge on any atom is 0.224 e. The van der Waals surface area contributed by atoms with Crippen LogP contribution in [0.5, 0.6) is 0 Å². The third-order valence-electron chi connectivity index (χ3n) is 4.03. The van der Waals surface area contributed by atoms with Crippen LogP contribution in [0, 0.1) is 0 Å². The first kappa shape index (κ1) is 16.0. The van der Waals surface area contributed by atoms with Crippen LogP contribution in [-0.2, 0) is 25.5 Å². The summed E-state index contributed by atoms with van der Waals surface area (Å²) in [6.07, 6.45) is 4.06. The number of aromatic nitrogens is 1. The lowest BCUT2D eigenvalue weighted by atomic mass is 10.0. The Balaban J connectivity index is 1.93. The van der Waals surface area contributed by atoms with E-state index in [2.05, 4.69) is 0 Å². The summed E-state index contributed by atoms with van der Waals surface area (Å²) in [4.78, 5) is 14.1. The molecular weight excluding hydrogens is 272 g/mol. The first-order valence-corrected chi connectivity index (χ1v) is 7.17. The number of hydrogen-bond donors (Lipinski definition) is 0. The standard InChI is InChI=1S/C15H24N2O4/c1-16(14(18)6-9-17-7-4-5-8-17)12-10-21-11-13(19-2)15(12)20-3/h4-5,7-8,12-13,15H,6,9-11H2,1-3H3/t12-,13-,15+/m1/s1. The summed E-state index contributed by atoms with van der Waals surface area (Å²) in [7, 11) is 5.08. The highest BCUT2D eigenvalue weighted by Gasteiger charge is 2.38. The molecule has 21 heavy (non-hydrogen) atoms. The molecular formula is C15H24N2O4. The van der Waals surface area contributed by atoms with Gasteiger partial charge in [0.15, 0.2) is 0 Å². The number of carbonyl (C=O) groups excluding carboxylic acids is 1. The Bertz CT molecular complexity index is 435. The summed E-state index contributed by atoms with van der Waals surface area (Å²) >= 11 is 0. The average Bonchev–Trinajstić information content (AvgIpc) is 3.04. The summed E-state index contributed by atoms with van der Waals surface area (Å²) in [5, 5.41) is 0. The second-order valence-corrected chi connectivity index (χ2v) is 5.25. The molecule has 1 saturated heterocycles. The number of aryl methyl sites for hydroxylation is 1. The van der Waals surface area contributed by atoms with Gasteiger partial charge >= 0.3 is 0 Å². The minimum absolute atomic E-state index is 0.0797. The topological polar surface area (TPSA) is 52.9 Å². The number of likely N-dealkylation sites (N-methyl/N-ethyl adjacent to an activating group) is 1. The first-order valence-electron chi connectivity index (χ1n) is 7.17. The fraction of sp³-hybridized carbons (Fsp3) is 0.667. The second-order valence-electron chi connectivity index (χ2n) is 5.25. The molecule has 1 aliphatic rings. The lowest BCUT2D eigenvalue weighted by molar-refractivity contribution is -0.164. The highest BCUT2D eigenvalue weighted by Crippen LogP contribution is 2.19. The van der Waals surface area contributed by atoms with Crippen molar-refractivity contribution in [3.63, 3.8) is 0 Å². The van der Waals surface area contributed by atoms with Crippen molar-refractivity contribution in [1.29, 1.82) is 0 Å². The molecule has 1 aromatic heterocycles. The normalized spacial score (nSPS) is 25.8. The third kappa shape index (κ3) is 3.84. The van der Waals surface area contributed by atoms with Gasteiger partial charge < -0.3 is 23.7 Å². The highest BCUT2D eigenvalue weighted by atomic mass is 16.6. The minimum atomic E-state index is -0.163. The zero-order chi connectivity index (χ0) is 15.2.